The summed E-state index contributed by atoms with van der Waals surface area (Å²) in [6, 6.07) is 6.58. The molecule has 0 heterocycles. The third-order valence-electron chi connectivity index (χ3n) is 2.93. The quantitative estimate of drug-likeness (QED) is 0.243. The lowest BCUT2D eigenvalue weighted by atomic mass is 10.1. The molecule has 0 radical (unpaired) electrons. The molecule has 2 amide bonds. The van der Waals surface area contributed by atoms with Crippen LogP contribution in [0.2, 0.25) is 0 Å². The number of hydrazine groups is 1. The zero-order valence-corrected chi connectivity index (χ0v) is 15.1. The first-order valence-electron chi connectivity index (χ1n) is 7.57. The summed E-state index contributed by atoms with van der Waals surface area (Å²) in [5, 5.41) is 11.5. The number of ether oxygens (including phenoxy) is 1. The normalized spacial score (nSPS) is 10.8. The minimum Gasteiger partial charge on any atom is -0.448 e. The first-order chi connectivity index (χ1) is 12.0. The fourth-order valence-electron chi connectivity index (χ4n) is 1.64. The molecule has 134 valence electrons. The Balaban J connectivity index is 2.70. The smallest absolute Gasteiger partial charge is 0.426 e. The number of aliphatic imine (C=N–C) groups is 1. The molecular formula is C16H21N5O3S. The van der Waals surface area contributed by atoms with E-state index < -0.39 is 12.0 Å². The van der Waals surface area contributed by atoms with E-state index >= 15 is 0 Å². The largest absolute Gasteiger partial charge is 0.448 e. The van der Waals surface area contributed by atoms with Gasteiger partial charge in [0.05, 0.1) is 17.9 Å². The molecule has 1 aromatic rings. The first kappa shape index (κ1) is 20.3. The van der Waals surface area contributed by atoms with Gasteiger partial charge in [-0.2, -0.15) is 5.26 Å². The fourth-order valence-corrected chi connectivity index (χ4v) is 1.98. The summed E-state index contributed by atoms with van der Waals surface area (Å²) in [4.78, 5) is 28.0. The zero-order chi connectivity index (χ0) is 18.7. The Bertz CT molecular complexity index is 670. The van der Waals surface area contributed by atoms with E-state index in [9.17, 15) is 9.59 Å². The maximum atomic E-state index is 12.2. The second-order valence-corrected chi connectivity index (χ2v) is 6.07. The van der Waals surface area contributed by atoms with Crippen molar-refractivity contribution in [2.75, 3.05) is 12.9 Å². The van der Waals surface area contributed by atoms with E-state index in [1.165, 1.54) is 11.8 Å². The van der Waals surface area contributed by atoms with Crippen LogP contribution in [0.4, 0.5) is 10.5 Å². The van der Waals surface area contributed by atoms with E-state index in [2.05, 4.69) is 21.2 Å². The summed E-state index contributed by atoms with van der Waals surface area (Å²) in [5.41, 5.74) is 5.08. The number of nitriles is 1. The van der Waals surface area contributed by atoms with Gasteiger partial charge in [-0.3, -0.25) is 15.5 Å². The van der Waals surface area contributed by atoms with Gasteiger partial charge in [-0.05, 0) is 30.7 Å². The van der Waals surface area contributed by atoms with Crippen molar-refractivity contribution in [2.24, 2.45) is 10.9 Å². The van der Waals surface area contributed by atoms with Crippen LogP contribution in [0, 0.1) is 17.4 Å². The number of para-hydroxylation sites is 1. The summed E-state index contributed by atoms with van der Waals surface area (Å²) < 4.78 is 4.94. The van der Waals surface area contributed by atoms with Crippen molar-refractivity contribution in [3.8, 4) is 6.19 Å². The van der Waals surface area contributed by atoms with Crippen LogP contribution in [0.25, 0.3) is 0 Å². The number of carbonyl (C=O) groups excluding carboxylic acids is 2. The Hall–Kier alpha value is -2.73. The molecule has 0 bridgehead atoms. The highest BCUT2D eigenvalue weighted by atomic mass is 32.2. The summed E-state index contributed by atoms with van der Waals surface area (Å²) in [6.45, 7) is 4.31. The number of nitrogens with one attached hydrogen (secondary N) is 3. The minimum atomic E-state index is -0.731. The number of hydrogen-bond acceptors (Lipinski definition) is 6. The van der Waals surface area contributed by atoms with Crippen molar-refractivity contribution in [3.05, 3.63) is 29.8 Å². The van der Waals surface area contributed by atoms with Crippen molar-refractivity contribution in [1.82, 2.24) is 16.2 Å². The second kappa shape index (κ2) is 10.9. The van der Waals surface area contributed by atoms with Gasteiger partial charge in [-0.25, -0.2) is 15.2 Å². The van der Waals surface area contributed by atoms with E-state index in [4.69, 9.17) is 10.00 Å². The van der Waals surface area contributed by atoms with Gasteiger partial charge in [0.1, 0.15) is 0 Å². The number of thioether (sulfide) groups is 1. The third kappa shape index (κ3) is 7.58. The highest BCUT2D eigenvalue weighted by Gasteiger charge is 2.12. The molecule has 0 saturated heterocycles. The summed E-state index contributed by atoms with van der Waals surface area (Å²) in [6.07, 6.45) is 3.54. The first-order valence-corrected chi connectivity index (χ1v) is 8.80. The molecule has 0 unspecified atom stereocenters. The van der Waals surface area contributed by atoms with E-state index in [1.807, 2.05) is 13.8 Å². The Morgan fingerprint density at radius 1 is 1.32 bits per heavy atom. The molecule has 1 aromatic carbocycles. The number of benzene rings is 1. The van der Waals surface area contributed by atoms with E-state index in [0.29, 0.717) is 16.8 Å². The Morgan fingerprint density at radius 3 is 2.68 bits per heavy atom. The molecule has 0 saturated carbocycles. The van der Waals surface area contributed by atoms with Gasteiger partial charge in [-0.15, -0.1) is 0 Å². The minimum absolute atomic E-state index is 0.247. The van der Waals surface area contributed by atoms with Crippen molar-refractivity contribution in [3.63, 3.8) is 0 Å². The molecule has 0 aliphatic heterocycles. The van der Waals surface area contributed by atoms with Crippen LogP contribution in [0.3, 0.4) is 0 Å². The van der Waals surface area contributed by atoms with Gasteiger partial charge >= 0.3 is 6.09 Å². The lowest BCUT2D eigenvalue weighted by Gasteiger charge is -2.10. The molecule has 0 aliphatic rings. The van der Waals surface area contributed by atoms with Crippen LogP contribution >= 0.6 is 11.8 Å². The lowest BCUT2D eigenvalue weighted by Crippen LogP contribution is -2.42. The molecule has 0 atom stereocenters. The molecule has 1 rings (SSSR count). The van der Waals surface area contributed by atoms with Crippen LogP contribution in [-0.4, -0.2) is 30.0 Å². The maximum Gasteiger partial charge on any atom is 0.426 e. The Kier molecular flexibility index (Phi) is 8.89. The molecule has 0 aromatic heterocycles. The van der Waals surface area contributed by atoms with Crippen LogP contribution in [0.15, 0.2) is 29.3 Å². The number of carbonyl (C=O) groups is 2. The molecule has 9 heteroatoms. The lowest BCUT2D eigenvalue weighted by molar-refractivity contribution is 0.0907. The molecule has 3 N–H and O–H groups in total. The van der Waals surface area contributed by atoms with Crippen molar-refractivity contribution >= 4 is 34.6 Å². The van der Waals surface area contributed by atoms with E-state index in [0.717, 1.165) is 6.42 Å². The third-order valence-corrected chi connectivity index (χ3v) is 3.51. The van der Waals surface area contributed by atoms with Crippen molar-refractivity contribution in [1.29, 1.82) is 5.26 Å². The number of rotatable bonds is 5. The van der Waals surface area contributed by atoms with E-state index in [-0.39, 0.29) is 12.2 Å². The van der Waals surface area contributed by atoms with E-state index in [1.54, 1.807) is 36.7 Å². The predicted molar refractivity (Wildman–Crippen MR) is 97.2 cm³/mol. The van der Waals surface area contributed by atoms with Crippen LogP contribution < -0.4 is 16.2 Å². The van der Waals surface area contributed by atoms with Gasteiger partial charge in [0.25, 0.3) is 5.91 Å². The standard InChI is InChI=1S/C16H21N5O3S/c1-11(2)8-9-24-16(23)21-20-14(22)12-6-4-5-7-13(12)19-15(25-3)18-10-17/h4-7,11H,8-9H2,1-3H3,(H,18,19)(H,20,22)(H,21,23). The van der Waals surface area contributed by atoms with Crippen LogP contribution in [0.1, 0.15) is 30.6 Å². The molecule has 0 spiro atoms. The Labute approximate surface area is 151 Å². The highest BCUT2D eigenvalue weighted by molar-refractivity contribution is 8.13. The topological polar surface area (TPSA) is 116 Å². The number of hydrogen-bond donors (Lipinski definition) is 3. The molecule has 0 aliphatic carbocycles. The van der Waals surface area contributed by atoms with Crippen molar-refractivity contribution in [2.45, 2.75) is 20.3 Å². The molecule has 25 heavy (non-hydrogen) atoms. The van der Waals surface area contributed by atoms with Gasteiger partial charge in [0.2, 0.25) is 0 Å². The van der Waals surface area contributed by atoms with Crippen LogP contribution in [-0.2, 0) is 4.74 Å². The van der Waals surface area contributed by atoms with Gasteiger partial charge in [0, 0.05) is 0 Å². The maximum absolute atomic E-state index is 12.2. The number of nitrogens with zero attached hydrogens (tertiary/aromatic N) is 2. The fraction of sp³-hybridized carbons (Fsp3) is 0.375. The SMILES string of the molecule is CSC(=Nc1ccccc1C(=O)NNC(=O)OCCC(C)C)NC#N. The average Bonchev–Trinajstić information content (AvgIpc) is 2.59. The van der Waals surface area contributed by atoms with Gasteiger partial charge in [-0.1, -0.05) is 37.7 Å². The summed E-state index contributed by atoms with van der Waals surface area (Å²) in [5.74, 6) is -0.127. The predicted octanol–water partition coefficient (Wildman–Crippen LogP) is 2.52. The highest BCUT2D eigenvalue weighted by Crippen LogP contribution is 2.19. The number of amides is 2. The molecule has 0 fully saturated rings. The molecule has 8 nitrogen and oxygen atoms in total. The second-order valence-electron chi connectivity index (χ2n) is 5.27. The molecular weight excluding hydrogens is 342 g/mol. The van der Waals surface area contributed by atoms with Crippen LogP contribution in [0.5, 0.6) is 0 Å². The monoisotopic (exact) mass is 363 g/mol. The summed E-state index contributed by atoms with van der Waals surface area (Å²) >= 11 is 1.23. The average molecular weight is 363 g/mol. The summed E-state index contributed by atoms with van der Waals surface area (Å²) in [7, 11) is 0. The van der Waals surface area contributed by atoms with Crippen molar-refractivity contribution < 1.29 is 14.3 Å². The number of amidine groups is 1. The Morgan fingerprint density at radius 2 is 2.04 bits per heavy atom. The van der Waals surface area contributed by atoms with Gasteiger partial charge < -0.3 is 4.74 Å². The zero-order valence-electron chi connectivity index (χ0n) is 14.3. The van der Waals surface area contributed by atoms with Gasteiger partial charge in [0.15, 0.2) is 11.4 Å².